The van der Waals surface area contributed by atoms with Crippen molar-refractivity contribution in [3.8, 4) is 0 Å². The van der Waals surface area contributed by atoms with Crippen LogP contribution in [0.3, 0.4) is 0 Å². The van der Waals surface area contributed by atoms with Crippen LogP contribution in [0.15, 0.2) is 22.7 Å². The third-order valence-corrected chi connectivity index (χ3v) is 3.40. The lowest BCUT2D eigenvalue weighted by Gasteiger charge is -2.32. The first kappa shape index (κ1) is 10.0. The number of aromatic nitrogens is 2. The zero-order valence-electron chi connectivity index (χ0n) is 9.07. The van der Waals surface area contributed by atoms with Crippen molar-refractivity contribution in [1.82, 2.24) is 9.97 Å². The number of anilines is 1. The fraction of sp³-hybridized carbons (Fsp3) is 0.333. The van der Waals surface area contributed by atoms with Crippen LogP contribution >= 0.6 is 15.9 Å². The van der Waals surface area contributed by atoms with E-state index in [0.29, 0.717) is 0 Å². The average Bonchev–Trinajstić information content (AvgIpc) is 2.13. The molecule has 16 heavy (non-hydrogen) atoms. The molecule has 2 aromatic rings. The summed E-state index contributed by atoms with van der Waals surface area (Å²) in [4.78, 5) is 11.3. The van der Waals surface area contributed by atoms with Gasteiger partial charge in [0.05, 0.1) is 5.52 Å². The molecule has 1 fully saturated rings. The van der Waals surface area contributed by atoms with Crippen molar-refractivity contribution in [3.05, 3.63) is 28.5 Å². The van der Waals surface area contributed by atoms with Gasteiger partial charge in [-0.15, -0.1) is 0 Å². The first-order valence-corrected chi connectivity index (χ1v) is 6.22. The molecule has 2 heterocycles. The second kappa shape index (κ2) is 3.70. The van der Waals surface area contributed by atoms with Crippen LogP contribution in [0.1, 0.15) is 12.2 Å². The van der Waals surface area contributed by atoms with Crippen LogP contribution < -0.4 is 4.90 Å². The topological polar surface area (TPSA) is 29.0 Å². The Kier molecular flexibility index (Phi) is 2.32. The van der Waals surface area contributed by atoms with E-state index in [-0.39, 0.29) is 0 Å². The Morgan fingerprint density at radius 2 is 2.06 bits per heavy atom. The van der Waals surface area contributed by atoms with Gasteiger partial charge in [-0.05, 0) is 31.5 Å². The van der Waals surface area contributed by atoms with Gasteiger partial charge in [0.2, 0.25) is 0 Å². The smallest absolute Gasteiger partial charge is 0.140 e. The highest BCUT2D eigenvalue weighted by Gasteiger charge is 2.19. The monoisotopic (exact) mass is 277 g/mol. The first-order valence-electron chi connectivity index (χ1n) is 5.43. The molecule has 1 saturated heterocycles. The van der Waals surface area contributed by atoms with Crippen molar-refractivity contribution in [3.63, 3.8) is 0 Å². The number of rotatable bonds is 1. The zero-order valence-corrected chi connectivity index (χ0v) is 10.7. The second-order valence-electron chi connectivity index (χ2n) is 4.10. The van der Waals surface area contributed by atoms with Crippen molar-refractivity contribution in [1.29, 1.82) is 0 Å². The molecule has 1 aromatic heterocycles. The van der Waals surface area contributed by atoms with Crippen LogP contribution in [0.25, 0.3) is 10.9 Å². The molecule has 4 heteroatoms. The van der Waals surface area contributed by atoms with Crippen LogP contribution in [0.4, 0.5) is 5.82 Å². The summed E-state index contributed by atoms with van der Waals surface area (Å²) >= 11 is 3.48. The summed E-state index contributed by atoms with van der Waals surface area (Å²) in [6, 6.07) is 6.18. The van der Waals surface area contributed by atoms with Gasteiger partial charge < -0.3 is 4.90 Å². The maximum atomic E-state index is 4.55. The summed E-state index contributed by atoms with van der Waals surface area (Å²) in [5.41, 5.74) is 1.02. The first-order chi connectivity index (χ1) is 7.74. The van der Waals surface area contributed by atoms with Crippen LogP contribution in [0, 0.1) is 6.92 Å². The van der Waals surface area contributed by atoms with Crippen molar-refractivity contribution in [2.45, 2.75) is 13.3 Å². The minimum absolute atomic E-state index is 0.840. The van der Waals surface area contributed by atoms with Gasteiger partial charge in [-0.2, -0.15) is 0 Å². The van der Waals surface area contributed by atoms with Gasteiger partial charge in [0.1, 0.15) is 11.6 Å². The predicted octanol–water partition coefficient (Wildman–Crippen LogP) is 2.91. The van der Waals surface area contributed by atoms with Gasteiger partial charge in [0.15, 0.2) is 0 Å². The van der Waals surface area contributed by atoms with Gasteiger partial charge in [0.25, 0.3) is 0 Å². The van der Waals surface area contributed by atoms with Gasteiger partial charge >= 0.3 is 0 Å². The van der Waals surface area contributed by atoms with E-state index in [4.69, 9.17) is 0 Å². The van der Waals surface area contributed by atoms with Crippen molar-refractivity contribution in [2.24, 2.45) is 0 Å². The fourth-order valence-corrected chi connectivity index (χ4v) is 2.32. The minimum Gasteiger partial charge on any atom is -0.356 e. The molecule has 0 aliphatic carbocycles. The molecule has 1 aliphatic rings. The lowest BCUT2D eigenvalue weighted by molar-refractivity contribution is 0.610. The summed E-state index contributed by atoms with van der Waals surface area (Å²) in [6.45, 7) is 4.17. The maximum Gasteiger partial charge on any atom is 0.140 e. The molecular formula is C12H12BrN3. The average molecular weight is 278 g/mol. The third-order valence-electron chi connectivity index (χ3n) is 2.91. The normalized spacial score (nSPS) is 15.2. The van der Waals surface area contributed by atoms with Crippen LogP contribution in [-0.4, -0.2) is 23.1 Å². The maximum absolute atomic E-state index is 4.55. The highest BCUT2D eigenvalue weighted by Crippen LogP contribution is 2.28. The van der Waals surface area contributed by atoms with Crippen molar-refractivity contribution in [2.75, 3.05) is 18.0 Å². The molecule has 0 radical (unpaired) electrons. The number of halogens is 1. The van der Waals surface area contributed by atoms with Crippen LogP contribution in [0.2, 0.25) is 0 Å². The number of benzene rings is 1. The predicted molar refractivity (Wildman–Crippen MR) is 68.8 cm³/mol. The highest BCUT2D eigenvalue weighted by molar-refractivity contribution is 9.10. The Hall–Kier alpha value is -1.16. The summed E-state index contributed by atoms with van der Waals surface area (Å²) in [7, 11) is 0. The third kappa shape index (κ3) is 1.57. The van der Waals surface area contributed by atoms with Crippen LogP contribution in [0.5, 0.6) is 0 Å². The number of nitrogens with zero attached hydrogens (tertiary/aromatic N) is 3. The molecule has 1 aromatic carbocycles. The minimum atomic E-state index is 0.840. The summed E-state index contributed by atoms with van der Waals surface area (Å²) in [5.74, 6) is 1.92. The van der Waals surface area contributed by atoms with E-state index in [1.165, 1.54) is 6.42 Å². The number of hydrogen-bond donors (Lipinski definition) is 0. The molecule has 0 atom stereocenters. The molecule has 0 N–H and O–H groups in total. The molecule has 3 rings (SSSR count). The Morgan fingerprint density at radius 1 is 1.25 bits per heavy atom. The molecular weight excluding hydrogens is 266 g/mol. The Balaban J connectivity index is 2.25. The molecule has 1 aliphatic heterocycles. The summed E-state index contributed by atoms with van der Waals surface area (Å²) < 4.78 is 1.06. The molecule has 0 bridgehead atoms. The number of fused-ring (bicyclic) bond motifs is 1. The second-order valence-corrected chi connectivity index (χ2v) is 5.01. The van der Waals surface area contributed by atoms with Crippen molar-refractivity contribution < 1.29 is 0 Å². The lowest BCUT2D eigenvalue weighted by Crippen LogP contribution is -2.37. The molecule has 3 nitrogen and oxygen atoms in total. The van der Waals surface area contributed by atoms with Gasteiger partial charge in [-0.25, -0.2) is 9.97 Å². The number of aryl methyl sites for hydroxylation is 1. The van der Waals surface area contributed by atoms with Gasteiger partial charge in [-0.3, -0.25) is 0 Å². The van der Waals surface area contributed by atoms with E-state index in [2.05, 4.69) is 36.9 Å². The summed E-state index contributed by atoms with van der Waals surface area (Å²) in [5, 5.41) is 1.15. The summed E-state index contributed by atoms with van der Waals surface area (Å²) in [6.07, 6.45) is 1.26. The van der Waals surface area contributed by atoms with Gasteiger partial charge in [-0.1, -0.05) is 15.9 Å². The van der Waals surface area contributed by atoms with Crippen LogP contribution in [-0.2, 0) is 0 Å². The highest BCUT2D eigenvalue weighted by atomic mass is 79.9. The van der Waals surface area contributed by atoms with E-state index in [1.807, 2.05) is 19.1 Å². The standard InChI is InChI=1S/C12H12BrN3/c1-8-14-11-7-9(13)3-4-10(11)12(15-8)16-5-2-6-16/h3-4,7H,2,5-6H2,1H3. The quantitative estimate of drug-likeness (QED) is 0.803. The Labute approximate surface area is 103 Å². The lowest BCUT2D eigenvalue weighted by atomic mass is 10.1. The van der Waals surface area contributed by atoms with E-state index < -0.39 is 0 Å². The Bertz CT molecular complexity index is 544. The van der Waals surface area contributed by atoms with E-state index >= 15 is 0 Å². The number of hydrogen-bond acceptors (Lipinski definition) is 3. The zero-order chi connectivity index (χ0) is 11.1. The SMILES string of the molecule is Cc1nc(N2CCC2)c2ccc(Br)cc2n1. The molecule has 82 valence electrons. The van der Waals surface area contributed by atoms with E-state index in [1.54, 1.807) is 0 Å². The van der Waals surface area contributed by atoms with E-state index in [9.17, 15) is 0 Å². The molecule has 0 amide bonds. The molecule has 0 unspecified atom stereocenters. The van der Waals surface area contributed by atoms with Gasteiger partial charge in [0, 0.05) is 22.9 Å². The fourth-order valence-electron chi connectivity index (χ4n) is 1.97. The van der Waals surface area contributed by atoms with Crippen molar-refractivity contribution >= 4 is 32.7 Å². The Morgan fingerprint density at radius 3 is 2.75 bits per heavy atom. The largest absolute Gasteiger partial charge is 0.356 e. The molecule has 0 spiro atoms. The van der Waals surface area contributed by atoms with E-state index in [0.717, 1.165) is 40.1 Å². The molecule has 0 saturated carbocycles.